The van der Waals surface area contributed by atoms with E-state index in [1.165, 1.54) is 45.2 Å². The van der Waals surface area contributed by atoms with Crippen LogP contribution in [0.5, 0.6) is 0 Å². The molecule has 0 spiro atoms. The van der Waals surface area contributed by atoms with Crippen LogP contribution in [0.15, 0.2) is 23.3 Å². The van der Waals surface area contributed by atoms with E-state index < -0.39 is 0 Å². The minimum Gasteiger partial charge on any atom is -0.357 e. The van der Waals surface area contributed by atoms with Crippen LogP contribution in [0, 0.1) is 5.82 Å². The summed E-state index contributed by atoms with van der Waals surface area (Å²) in [7, 11) is 0. The molecular formula is C22H38FN7. The van der Waals surface area contributed by atoms with E-state index in [1.807, 2.05) is 4.90 Å². The molecule has 30 heavy (non-hydrogen) atoms. The molecule has 0 amide bonds. The van der Waals surface area contributed by atoms with Crippen molar-refractivity contribution in [2.24, 2.45) is 4.99 Å². The monoisotopic (exact) mass is 419 g/mol. The van der Waals surface area contributed by atoms with E-state index in [4.69, 9.17) is 4.99 Å². The predicted octanol–water partition coefficient (Wildman–Crippen LogP) is 1.77. The van der Waals surface area contributed by atoms with Crippen LogP contribution < -0.4 is 15.5 Å². The van der Waals surface area contributed by atoms with Gasteiger partial charge in [0.2, 0.25) is 0 Å². The average molecular weight is 420 g/mol. The number of guanidine groups is 1. The van der Waals surface area contributed by atoms with Gasteiger partial charge in [0, 0.05) is 64.6 Å². The zero-order valence-electron chi connectivity index (χ0n) is 18.6. The summed E-state index contributed by atoms with van der Waals surface area (Å²) in [5.41, 5.74) is 0. The summed E-state index contributed by atoms with van der Waals surface area (Å²) in [6.45, 7) is 14.6. The van der Waals surface area contributed by atoms with Crippen LogP contribution in [-0.4, -0.2) is 92.2 Å². The number of piperazine rings is 1. The molecule has 3 rings (SSSR count). The Bertz CT molecular complexity index is 661. The first kappa shape index (κ1) is 22.7. The van der Waals surface area contributed by atoms with Crippen LogP contribution in [-0.2, 0) is 0 Å². The van der Waals surface area contributed by atoms with Gasteiger partial charge < -0.3 is 25.3 Å². The molecule has 2 aliphatic rings. The number of unbranched alkanes of at least 4 members (excludes halogenated alkanes) is 1. The fraction of sp³-hybridized carbons (Fsp3) is 0.727. The summed E-state index contributed by atoms with van der Waals surface area (Å²) < 4.78 is 14.0. The van der Waals surface area contributed by atoms with Crippen LogP contribution in [0.4, 0.5) is 10.2 Å². The first-order valence-corrected chi connectivity index (χ1v) is 11.5. The Balaban J connectivity index is 1.38. The van der Waals surface area contributed by atoms with Crippen molar-refractivity contribution in [3.63, 3.8) is 0 Å². The van der Waals surface area contributed by atoms with Gasteiger partial charge in [0.1, 0.15) is 0 Å². The molecule has 0 bridgehead atoms. The number of rotatable bonds is 9. The van der Waals surface area contributed by atoms with Gasteiger partial charge in [0.25, 0.3) is 0 Å². The van der Waals surface area contributed by atoms with E-state index in [2.05, 4.69) is 39.3 Å². The molecule has 2 N–H and O–H groups in total. The van der Waals surface area contributed by atoms with Gasteiger partial charge in [0.05, 0.1) is 0 Å². The standard InChI is InChI=1S/C22H38FN7/c1-3-24-22(26-10-5-6-12-29-16-14-28(4-2)15-17-29)27-19-9-13-30(18-19)21-20(23)8-7-11-25-21/h7-8,11,19H,3-6,9-10,12-18H2,1-2H3,(H2,24,26,27). The number of pyridine rings is 1. The number of halogens is 1. The molecule has 1 atom stereocenters. The summed E-state index contributed by atoms with van der Waals surface area (Å²) in [6, 6.07) is 3.35. The second-order valence-electron chi connectivity index (χ2n) is 8.13. The summed E-state index contributed by atoms with van der Waals surface area (Å²) in [5.74, 6) is 1.06. The van der Waals surface area contributed by atoms with Crippen LogP contribution in [0.25, 0.3) is 0 Å². The quantitative estimate of drug-likeness (QED) is 0.361. The van der Waals surface area contributed by atoms with Crippen molar-refractivity contribution in [1.82, 2.24) is 25.4 Å². The molecule has 1 unspecified atom stereocenters. The van der Waals surface area contributed by atoms with Crippen LogP contribution in [0.1, 0.15) is 33.1 Å². The highest BCUT2D eigenvalue weighted by atomic mass is 19.1. The third-order valence-corrected chi connectivity index (χ3v) is 5.98. The van der Waals surface area contributed by atoms with Gasteiger partial charge in [-0.3, -0.25) is 4.99 Å². The van der Waals surface area contributed by atoms with E-state index >= 15 is 0 Å². The predicted molar refractivity (Wildman–Crippen MR) is 122 cm³/mol. The van der Waals surface area contributed by atoms with Crippen LogP contribution in [0.3, 0.4) is 0 Å². The van der Waals surface area contributed by atoms with Gasteiger partial charge in [-0.1, -0.05) is 6.92 Å². The molecule has 2 aliphatic heterocycles. The molecule has 1 aromatic heterocycles. The van der Waals surface area contributed by atoms with E-state index in [0.717, 1.165) is 51.5 Å². The highest BCUT2D eigenvalue weighted by Crippen LogP contribution is 2.20. The highest BCUT2D eigenvalue weighted by molar-refractivity contribution is 5.80. The van der Waals surface area contributed by atoms with Crippen molar-refractivity contribution in [3.8, 4) is 0 Å². The van der Waals surface area contributed by atoms with Crippen molar-refractivity contribution < 1.29 is 4.39 Å². The minimum absolute atomic E-state index is 0.249. The number of anilines is 1. The number of aliphatic imine (C=N–C) groups is 1. The first-order valence-electron chi connectivity index (χ1n) is 11.5. The molecule has 8 heteroatoms. The Morgan fingerprint density at radius 1 is 1.17 bits per heavy atom. The van der Waals surface area contributed by atoms with Crippen molar-refractivity contribution in [2.75, 3.05) is 70.3 Å². The lowest BCUT2D eigenvalue weighted by Gasteiger charge is -2.33. The van der Waals surface area contributed by atoms with Crippen LogP contribution >= 0.6 is 0 Å². The molecule has 0 aliphatic carbocycles. The summed E-state index contributed by atoms with van der Waals surface area (Å²) in [6.07, 6.45) is 4.88. The van der Waals surface area contributed by atoms with E-state index in [-0.39, 0.29) is 11.9 Å². The molecule has 3 heterocycles. The summed E-state index contributed by atoms with van der Waals surface area (Å²) in [4.78, 5) is 16.1. The fourth-order valence-electron chi connectivity index (χ4n) is 4.16. The highest BCUT2D eigenvalue weighted by Gasteiger charge is 2.25. The molecule has 0 aromatic carbocycles. The van der Waals surface area contributed by atoms with Crippen molar-refractivity contribution in [3.05, 3.63) is 24.1 Å². The van der Waals surface area contributed by atoms with Crippen LogP contribution in [0.2, 0.25) is 0 Å². The number of hydrogen-bond acceptors (Lipinski definition) is 5. The maximum Gasteiger partial charge on any atom is 0.191 e. The second-order valence-corrected chi connectivity index (χ2v) is 8.13. The third-order valence-electron chi connectivity index (χ3n) is 5.98. The summed E-state index contributed by atoms with van der Waals surface area (Å²) in [5, 5.41) is 6.86. The Kier molecular flexibility index (Phi) is 9.14. The lowest BCUT2D eigenvalue weighted by Crippen LogP contribution is -2.46. The van der Waals surface area contributed by atoms with Gasteiger partial charge >= 0.3 is 0 Å². The topological polar surface area (TPSA) is 59.0 Å². The molecule has 0 saturated carbocycles. The normalized spacial score (nSPS) is 21.2. The molecular weight excluding hydrogens is 381 g/mol. The molecule has 2 saturated heterocycles. The molecule has 2 fully saturated rings. The number of hydrogen-bond donors (Lipinski definition) is 2. The van der Waals surface area contributed by atoms with Crippen molar-refractivity contribution >= 4 is 11.8 Å². The largest absolute Gasteiger partial charge is 0.357 e. The van der Waals surface area contributed by atoms with E-state index in [1.54, 1.807) is 12.3 Å². The number of aromatic nitrogens is 1. The van der Waals surface area contributed by atoms with E-state index in [9.17, 15) is 4.39 Å². The van der Waals surface area contributed by atoms with Gasteiger partial charge in [-0.15, -0.1) is 0 Å². The lowest BCUT2D eigenvalue weighted by molar-refractivity contribution is 0.136. The maximum absolute atomic E-state index is 14.0. The first-order chi connectivity index (χ1) is 14.7. The van der Waals surface area contributed by atoms with Crippen molar-refractivity contribution in [1.29, 1.82) is 0 Å². The van der Waals surface area contributed by atoms with Gasteiger partial charge in [0.15, 0.2) is 17.6 Å². The number of nitrogens with zero attached hydrogens (tertiary/aromatic N) is 5. The Morgan fingerprint density at radius 3 is 2.70 bits per heavy atom. The molecule has 7 nitrogen and oxygen atoms in total. The van der Waals surface area contributed by atoms with Gasteiger partial charge in [-0.2, -0.15) is 0 Å². The van der Waals surface area contributed by atoms with E-state index in [0.29, 0.717) is 5.82 Å². The molecule has 0 radical (unpaired) electrons. The third kappa shape index (κ3) is 6.80. The molecule has 168 valence electrons. The fourth-order valence-corrected chi connectivity index (χ4v) is 4.16. The van der Waals surface area contributed by atoms with Gasteiger partial charge in [-0.25, -0.2) is 9.37 Å². The lowest BCUT2D eigenvalue weighted by atomic mass is 10.2. The Morgan fingerprint density at radius 2 is 1.97 bits per heavy atom. The number of nitrogens with one attached hydrogen (secondary N) is 2. The summed E-state index contributed by atoms with van der Waals surface area (Å²) >= 11 is 0. The zero-order chi connectivity index (χ0) is 21.2. The zero-order valence-corrected chi connectivity index (χ0v) is 18.6. The average Bonchev–Trinajstić information content (AvgIpc) is 3.22. The van der Waals surface area contributed by atoms with Gasteiger partial charge in [-0.05, 0) is 51.4 Å². The number of likely N-dealkylation sites (N-methyl/N-ethyl adjacent to an activating group) is 1. The Labute approximate surface area is 180 Å². The maximum atomic E-state index is 14.0. The van der Waals surface area contributed by atoms with Crippen molar-refractivity contribution in [2.45, 2.75) is 39.2 Å². The Hall–Kier alpha value is -1.93. The molecule has 1 aromatic rings. The smallest absolute Gasteiger partial charge is 0.191 e. The second kappa shape index (κ2) is 12.1. The SMILES string of the molecule is CCNC(=NCCCCN1CCN(CC)CC1)NC1CCN(c2ncccc2F)C1. The minimum atomic E-state index is -0.255.